The van der Waals surface area contributed by atoms with Gasteiger partial charge in [-0.25, -0.2) is 19.3 Å². The summed E-state index contributed by atoms with van der Waals surface area (Å²) >= 11 is 0. The van der Waals surface area contributed by atoms with Crippen LogP contribution in [0, 0.1) is 11.7 Å². The van der Waals surface area contributed by atoms with E-state index in [1.165, 1.54) is 18.5 Å². The highest BCUT2D eigenvalue weighted by Gasteiger charge is 2.56. The lowest BCUT2D eigenvalue weighted by atomic mass is 9.98. The quantitative estimate of drug-likeness (QED) is 0.113. The summed E-state index contributed by atoms with van der Waals surface area (Å²) in [5.41, 5.74) is 3.94. The van der Waals surface area contributed by atoms with Gasteiger partial charge in [0.15, 0.2) is 0 Å². The Morgan fingerprint density at radius 2 is 1.64 bits per heavy atom. The van der Waals surface area contributed by atoms with Gasteiger partial charge < -0.3 is 18.5 Å². The maximum atomic E-state index is 14.1. The summed E-state index contributed by atoms with van der Waals surface area (Å²) in [5, 5.41) is -0.964. The van der Waals surface area contributed by atoms with Crippen molar-refractivity contribution in [1.82, 2.24) is 19.5 Å². The van der Waals surface area contributed by atoms with Crippen LogP contribution in [0.15, 0.2) is 73.2 Å². The second-order valence-corrected chi connectivity index (χ2v) is 18.8. The molecule has 0 saturated heterocycles. The van der Waals surface area contributed by atoms with Gasteiger partial charge in [-0.15, -0.1) is 0 Å². The first kappa shape index (κ1) is 36.1. The van der Waals surface area contributed by atoms with Gasteiger partial charge in [0.25, 0.3) is 0 Å². The number of hydrogen-bond acceptors (Lipinski definition) is 7. The number of imidazole rings is 1. The average Bonchev–Trinajstić information content (AvgIpc) is 3.39. The van der Waals surface area contributed by atoms with E-state index in [0.29, 0.717) is 24.4 Å². The highest BCUT2D eigenvalue weighted by molar-refractivity contribution is 6.72. The fraction of sp³-hybridized carbons (Fsp3) is 0.459. The molecule has 0 aliphatic carbocycles. The Balaban J connectivity index is 1.72. The van der Waals surface area contributed by atoms with Gasteiger partial charge in [-0.1, -0.05) is 78.8 Å². The van der Waals surface area contributed by atoms with Crippen LogP contribution < -0.4 is 0 Å². The third-order valence-corrected chi connectivity index (χ3v) is 13.3. The van der Waals surface area contributed by atoms with Crippen LogP contribution >= 0.6 is 0 Å². The number of nitrogens with zero attached hydrogens (tertiary/aromatic N) is 4. The summed E-state index contributed by atoms with van der Waals surface area (Å²) < 4.78 is 28.3. The monoisotopic (exact) mass is 660 g/mol. The van der Waals surface area contributed by atoms with E-state index in [-0.39, 0.29) is 30.7 Å². The third kappa shape index (κ3) is 8.60. The van der Waals surface area contributed by atoms with Crippen molar-refractivity contribution in [3.05, 3.63) is 79.0 Å². The predicted octanol–water partition coefficient (Wildman–Crippen LogP) is 8.60. The zero-order chi connectivity index (χ0) is 34.4. The Morgan fingerprint density at radius 1 is 0.979 bits per heavy atom. The van der Waals surface area contributed by atoms with E-state index in [2.05, 4.69) is 21.5 Å². The van der Waals surface area contributed by atoms with E-state index in [1.54, 1.807) is 25.3 Å². The molecule has 10 heteroatoms. The minimum absolute atomic E-state index is 0.0681. The molecule has 2 aromatic carbocycles. The highest BCUT2D eigenvalue weighted by atomic mass is 28.4. The van der Waals surface area contributed by atoms with Crippen LogP contribution in [0.2, 0.25) is 10.1 Å². The SMILES string of the molecule is CCOC(=O)CC(CC(C)CCn1c(-c2ccccc2)nc(-c2ccncn2)c1-c1ccc(F)cc1)O[Si](O)(C(C)(C)C)C(C)(C)C. The molecule has 0 radical (unpaired) electrons. The summed E-state index contributed by atoms with van der Waals surface area (Å²) in [4.78, 5) is 38.6. The van der Waals surface area contributed by atoms with Crippen molar-refractivity contribution >= 4 is 14.5 Å². The normalized spacial score (nSPS) is 13.7. The molecular formula is C37H49FN4O4Si. The molecule has 2 atom stereocenters. The standard InChI is InChI=1S/C37H49FN4O4Si/c1-9-45-32(43)24-30(46-47(44,36(3,4)5)37(6,7)8)23-26(2)20-22-42-34(27-15-17-29(38)18-16-27)33(31-19-21-39-25-40-31)41-35(42)28-13-11-10-12-14-28/h10-19,21,25-26,30,44H,9,20,22-24H2,1-8H3. The summed E-state index contributed by atoms with van der Waals surface area (Å²) in [5.74, 6) is 0.217. The van der Waals surface area contributed by atoms with Crippen molar-refractivity contribution < 1.29 is 23.1 Å². The van der Waals surface area contributed by atoms with Crippen LogP contribution in [-0.2, 0) is 20.5 Å². The second kappa shape index (κ2) is 15.0. The molecule has 0 aliphatic heterocycles. The number of hydrogen-bond donors (Lipinski definition) is 1. The van der Waals surface area contributed by atoms with Gasteiger partial charge in [0.05, 0.1) is 30.5 Å². The van der Waals surface area contributed by atoms with Gasteiger partial charge in [0.1, 0.15) is 23.7 Å². The number of carbonyl (C=O) groups is 1. The summed E-state index contributed by atoms with van der Waals surface area (Å²) in [6, 6.07) is 18.2. The minimum Gasteiger partial charge on any atom is -0.466 e. The van der Waals surface area contributed by atoms with Gasteiger partial charge in [0.2, 0.25) is 0 Å². The van der Waals surface area contributed by atoms with Crippen molar-refractivity contribution in [2.45, 2.75) is 97.4 Å². The Bertz CT molecular complexity index is 1590. The maximum absolute atomic E-state index is 14.1. The first-order chi connectivity index (χ1) is 22.1. The molecule has 0 saturated carbocycles. The molecule has 0 bridgehead atoms. The first-order valence-electron chi connectivity index (χ1n) is 16.4. The van der Waals surface area contributed by atoms with Crippen LogP contribution in [0.5, 0.6) is 0 Å². The lowest BCUT2D eigenvalue weighted by Gasteiger charge is -2.47. The van der Waals surface area contributed by atoms with Crippen molar-refractivity contribution in [3.63, 3.8) is 0 Å². The van der Waals surface area contributed by atoms with Gasteiger partial charge in [-0.2, -0.15) is 0 Å². The molecule has 2 aromatic heterocycles. The number of rotatable bonds is 13. The maximum Gasteiger partial charge on any atom is 0.346 e. The largest absolute Gasteiger partial charge is 0.466 e. The fourth-order valence-electron chi connectivity index (χ4n) is 6.20. The number of benzene rings is 2. The Hall–Kier alpha value is -3.73. The lowest BCUT2D eigenvalue weighted by Crippen LogP contribution is -2.57. The summed E-state index contributed by atoms with van der Waals surface area (Å²) in [6.45, 7) is 16.8. The molecular weight excluding hydrogens is 612 g/mol. The molecule has 4 aromatic rings. The van der Waals surface area contributed by atoms with Gasteiger partial charge >= 0.3 is 14.5 Å². The van der Waals surface area contributed by atoms with Crippen molar-refractivity contribution in [3.8, 4) is 34.0 Å². The topological polar surface area (TPSA) is 99.4 Å². The van der Waals surface area contributed by atoms with E-state index in [4.69, 9.17) is 14.1 Å². The van der Waals surface area contributed by atoms with E-state index in [9.17, 15) is 14.0 Å². The summed E-state index contributed by atoms with van der Waals surface area (Å²) in [7, 11) is -3.37. The Kier molecular flexibility index (Phi) is 11.5. The van der Waals surface area contributed by atoms with E-state index < -0.39 is 24.7 Å². The van der Waals surface area contributed by atoms with Crippen LogP contribution in [0.1, 0.15) is 74.7 Å². The molecule has 4 rings (SSSR count). The van der Waals surface area contributed by atoms with Gasteiger partial charge in [0, 0.05) is 33.9 Å². The Morgan fingerprint density at radius 3 is 2.21 bits per heavy atom. The van der Waals surface area contributed by atoms with Gasteiger partial charge in [-0.3, -0.25) is 4.79 Å². The van der Waals surface area contributed by atoms with Gasteiger partial charge in [-0.05, 0) is 56.0 Å². The van der Waals surface area contributed by atoms with Crippen molar-refractivity contribution in [2.24, 2.45) is 5.92 Å². The number of carbonyl (C=O) groups excluding carboxylic acids is 1. The molecule has 252 valence electrons. The molecule has 8 nitrogen and oxygen atoms in total. The molecule has 0 aliphatic rings. The highest BCUT2D eigenvalue weighted by Crippen LogP contribution is 2.50. The summed E-state index contributed by atoms with van der Waals surface area (Å²) in [6.07, 6.45) is 4.02. The molecule has 0 amide bonds. The minimum atomic E-state index is -3.37. The lowest BCUT2D eigenvalue weighted by molar-refractivity contribution is -0.145. The van der Waals surface area contributed by atoms with Crippen LogP contribution in [0.3, 0.4) is 0 Å². The zero-order valence-corrected chi connectivity index (χ0v) is 30.0. The number of esters is 1. The van der Waals surface area contributed by atoms with E-state index in [0.717, 1.165) is 29.1 Å². The molecule has 0 fully saturated rings. The van der Waals surface area contributed by atoms with Crippen molar-refractivity contribution in [1.29, 1.82) is 0 Å². The smallest absolute Gasteiger partial charge is 0.346 e. The van der Waals surface area contributed by atoms with Crippen LogP contribution in [0.4, 0.5) is 4.39 Å². The first-order valence-corrected chi connectivity index (χ1v) is 18.2. The number of ether oxygens (including phenoxy) is 1. The third-order valence-electron chi connectivity index (χ3n) is 8.52. The molecule has 2 unspecified atom stereocenters. The average molecular weight is 661 g/mol. The fourth-order valence-corrected chi connectivity index (χ4v) is 9.82. The molecule has 47 heavy (non-hydrogen) atoms. The zero-order valence-electron chi connectivity index (χ0n) is 29.0. The molecule has 0 spiro atoms. The number of halogens is 1. The van der Waals surface area contributed by atoms with E-state index in [1.807, 2.05) is 77.9 Å². The number of aromatic nitrogens is 4. The Labute approximate surface area is 279 Å². The molecule has 1 N–H and O–H groups in total. The molecule has 2 heterocycles. The van der Waals surface area contributed by atoms with Crippen molar-refractivity contribution in [2.75, 3.05) is 6.61 Å². The predicted molar refractivity (Wildman–Crippen MR) is 186 cm³/mol. The van der Waals surface area contributed by atoms with E-state index >= 15 is 0 Å². The second-order valence-electron chi connectivity index (χ2n) is 14.3. The van der Waals surface area contributed by atoms with Crippen LogP contribution in [-0.4, -0.2) is 51.6 Å². The van der Waals surface area contributed by atoms with Crippen LogP contribution in [0.25, 0.3) is 34.0 Å².